The second-order valence-electron chi connectivity index (χ2n) is 7.22. The van der Waals surface area contributed by atoms with E-state index in [1.54, 1.807) is 0 Å². The summed E-state index contributed by atoms with van der Waals surface area (Å²) in [5.41, 5.74) is 8.53. The highest BCUT2D eigenvalue weighted by Gasteiger charge is 2.22. The van der Waals surface area contributed by atoms with Crippen molar-refractivity contribution in [3.63, 3.8) is 0 Å². The van der Waals surface area contributed by atoms with Gasteiger partial charge in [-0.3, -0.25) is 9.79 Å². The Hall–Kier alpha value is -1.31. The monoisotopic (exact) mass is 470 g/mol. The average Bonchev–Trinajstić information content (AvgIpc) is 2.89. The van der Waals surface area contributed by atoms with Crippen molar-refractivity contribution >= 4 is 35.8 Å². The number of carbonyl (C=O) groups excluding carboxylic acids is 1. The summed E-state index contributed by atoms with van der Waals surface area (Å²) in [6.07, 6.45) is 8.87. The summed E-state index contributed by atoms with van der Waals surface area (Å²) in [7, 11) is 0. The SMILES string of the molecule is I.NC(=NCCCC(=O)N1Cc2ccccc2C1)NC1CCCCCC1. The lowest BCUT2D eigenvalue weighted by molar-refractivity contribution is -0.131. The Labute approximate surface area is 173 Å². The van der Waals surface area contributed by atoms with Crippen molar-refractivity contribution in [1.82, 2.24) is 10.2 Å². The summed E-state index contributed by atoms with van der Waals surface area (Å²) in [5.74, 6) is 0.745. The maximum Gasteiger partial charge on any atom is 0.223 e. The quantitative estimate of drug-likeness (QED) is 0.227. The van der Waals surface area contributed by atoms with Crippen LogP contribution in [0.4, 0.5) is 0 Å². The number of nitrogens with one attached hydrogen (secondary N) is 1. The number of nitrogens with two attached hydrogens (primary N) is 1. The third-order valence-electron chi connectivity index (χ3n) is 5.23. The van der Waals surface area contributed by atoms with Gasteiger partial charge in [0.25, 0.3) is 0 Å². The van der Waals surface area contributed by atoms with Gasteiger partial charge < -0.3 is 16.0 Å². The highest BCUT2D eigenvalue weighted by atomic mass is 127. The molecular formula is C20H31IN4O. The number of guanidine groups is 1. The molecule has 1 aliphatic heterocycles. The third-order valence-corrected chi connectivity index (χ3v) is 5.23. The van der Waals surface area contributed by atoms with Gasteiger partial charge >= 0.3 is 0 Å². The van der Waals surface area contributed by atoms with Crippen LogP contribution in [0.5, 0.6) is 0 Å². The second-order valence-corrected chi connectivity index (χ2v) is 7.22. The predicted octanol–water partition coefficient (Wildman–Crippen LogP) is 3.55. The van der Waals surface area contributed by atoms with Gasteiger partial charge in [0.05, 0.1) is 0 Å². The molecule has 3 rings (SSSR count). The van der Waals surface area contributed by atoms with Crippen LogP contribution < -0.4 is 11.1 Å². The van der Waals surface area contributed by atoms with Crippen LogP contribution in [0.25, 0.3) is 0 Å². The van der Waals surface area contributed by atoms with Crippen molar-refractivity contribution in [2.24, 2.45) is 10.7 Å². The van der Waals surface area contributed by atoms with Crippen LogP contribution in [0.3, 0.4) is 0 Å². The van der Waals surface area contributed by atoms with Crippen LogP contribution in [-0.2, 0) is 17.9 Å². The van der Waals surface area contributed by atoms with E-state index in [9.17, 15) is 4.79 Å². The fourth-order valence-electron chi connectivity index (χ4n) is 3.78. The van der Waals surface area contributed by atoms with Gasteiger partial charge in [-0.25, -0.2) is 0 Å². The minimum absolute atomic E-state index is 0. The first-order valence-corrected chi connectivity index (χ1v) is 9.63. The first kappa shape index (κ1) is 21.0. The molecule has 2 aliphatic rings. The number of carbonyl (C=O) groups is 1. The molecular weight excluding hydrogens is 439 g/mol. The number of aliphatic imine (C=N–C) groups is 1. The molecule has 1 saturated carbocycles. The summed E-state index contributed by atoms with van der Waals surface area (Å²) >= 11 is 0. The Morgan fingerprint density at radius 3 is 2.35 bits per heavy atom. The molecule has 0 saturated heterocycles. The van der Waals surface area contributed by atoms with Crippen molar-refractivity contribution in [3.8, 4) is 0 Å². The number of hydrogen-bond donors (Lipinski definition) is 2. The summed E-state index contributed by atoms with van der Waals surface area (Å²) in [5, 5.41) is 3.35. The first-order chi connectivity index (χ1) is 12.2. The highest BCUT2D eigenvalue weighted by Crippen LogP contribution is 2.23. The zero-order chi connectivity index (χ0) is 17.5. The highest BCUT2D eigenvalue weighted by molar-refractivity contribution is 14.0. The molecule has 6 heteroatoms. The van der Waals surface area contributed by atoms with Crippen LogP contribution in [0.2, 0.25) is 0 Å². The van der Waals surface area contributed by atoms with Gasteiger partial charge in [0.2, 0.25) is 5.91 Å². The topological polar surface area (TPSA) is 70.7 Å². The normalized spacial score (nSPS) is 18.0. The lowest BCUT2D eigenvalue weighted by Crippen LogP contribution is -2.39. The van der Waals surface area contributed by atoms with Crippen LogP contribution in [0, 0.1) is 0 Å². The van der Waals surface area contributed by atoms with Gasteiger partial charge in [-0.1, -0.05) is 49.9 Å². The summed E-state index contributed by atoms with van der Waals surface area (Å²) in [6, 6.07) is 8.74. The van der Waals surface area contributed by atoms with Crippen LogP contribution in [0.15, 0.2) is 29.3 Å². The molecule has 0 radical (unpaired) electrons. The van der Waals surface area contributed by atoms with E-state index in [0.717, 1.165) is 19.5 Å². The van der Waals surface area contributed by atoms with Gasteiger partial charge in [-0.2, -0.15) is 0 Å². The minimum Gasteiger partial charge on any atom is -0.370 e. The maximum absolute atomic E-state index is 12.3. The molecule has 1 aliphatic carbocycles. The largest absolute Gasteiger partial charge is 0.370 e. The van der Waals surface area contributed by atoms with Crippen molar-refractivity contribution in [2.45, 2.75) is 70.5 Å². The molecule has 1 amide bonds. The van der Waals surface area contributed by atoms with E-state index in [-0.39, 0.29) is 29.9 Å². The molecule has 26 heavy (non-hydrogen) atoms. The van der Waals surface area contributed by atoms with Crippen molar-refractivity contribution in [3.05, 3.63) is 35.4 Å². The van der Waals surface area contributed by atoms with Gasteiger partial charge in [-0.15, -0.1) is 24.0 Å². The standard InChI is InChI=1S/C20H30N4O.HI/c21-20(23-18-10-3-1-2-4-11-18)22-13-7-12-19(25)24-14-16-8-5-6-9-17(16)15-24;/h5-6,8-9,18H,1-4,7,10-15H2,(H3,21,22,23);1H. The van der Waals surface area contributed by atoms with Crippen LogP contribution >= 0.6 is 24.0 Å². The minimum atomic E-state index is 0. The van der Waals surface area contributed by atoms with Crippen LogP contribution in [-0.4, -0.2) is 29.4 Å². The van der Waals surface area contributed by atoms with Crippen molar-refractivity contribution in [1.29, 1.82) is 0 Å². The van der Waals surface area contributed by atoms with Crippen molar-refractivity contribution in [2.75, 3.05) is 6.54 Å². The number of nitrogens with zero attached hydrogens (tertiary/aromatic N) is 2. The molecule has 1 aromatic rings. The number of rotatable bonds is 5. The molecule has 1 aromatic carbocycles. The first-order valence-electron chi connectivity index (χ1n) is 9.63. The van der Waals surface area contributed by atoms with Gasteiger partial charge in [-0.05, 0) is 30.4 Å². The number of halogens is 1. The van der Waals surface area contributed by atoms with Gasteiger partial charge in [0.1, 0.15) is 0 Å². The van der Waals surface area contributed by atoms with E-state index < -0.39 is 0 Å². The number of hydrogen-bond acceptors (Lipinski definition) is 2. The summed E-state index contributed by atoms with van der Waals surface area (Å²) in [6.45, 7) is 2.09. The molecule has 144 valence electrons. The molecule has 3 N–H and O–H groups in total. The molecule has 0 atom stereocenters. The Kier molecular flexibility index (Phi) is 8.68. The molecule has 0 aromatic heterocycles. The van der Waals surface area contributed by atoms with E-state index in [2.05, 4.69) is 22.4 Å². The van der Waals surface area contributed by atoms with Crippen molar-refractivity contribution < 1.29 is 4.79 Å². The number of benzene rings is 1. The molecule has 0 unspecified atom stereocenters. The maximum atomic E-state index is 12.3. The van der Waals surface area contributed by atoms with Gasteiger partial charge in [0.15, 0.2) is 5.96 Å². The Morgan fingerprint density at radius 2 is 1.73 bits per heavy atom. The van der Waals surface area contributed by atoms with E-state index in [1.165, 1.54) is 49.7 Å². The smallest absolute Gasteiger partial charge is 0.223 e. The Morgan fingerprint density at radius 1 is 1.12 bits per heavy atom. The number of amides is 1. The predicted molar refractivity (Wildman–Crippen MR) is 116 cm³/mol. The summed E-state index contributed by atoms with van der Waals surface area (Å²) in [4.78, 5) is 18.7. The molecule has 5 nitrogen and oxygen atoms in total. The average molecular weight is 470 g/mol. The zero-order valence-electron chi connectivity index (χ0n) is 15.5. The molecule has 0 bridgehead atoms. The lowest BCUT2D eigenvalue weighted by Gasteiger charge is -2.17. The fourth-order valence-corrected chi connectivity index (χ4v) is 3.78. The Balaban J connectivity index is 0.00000243. The van der Waals surface area contributed by atoms with E-state index >= 15 is 0 Å². The molecule has 1 heterocycles. The van der Waals surface area contributed by atoms with Gasteiger partial charge in [0, 0.05) is 32.1 Å². The lowest BCUT2D eigenvalue weighted by atomic mass is 10.1. The zero-order valence-corrected chi connectivity index (χ0v) is 17.8. The van der Waals surface area contributed by atoms with E-state index in [1.807, 2.05) is 17.0 Å². The summed E-state index contributed by atoms with van der Waals surface area (Å²) < 4.78 is 0. The van der Waals surface area contributed by atoms with E-state index in [0.29, 0.717) is 25.0 Å². The Bertz CT molecular complexity index is 587. The molecule has 0 spiro atoms. The van der Waals surface area contributed by atoms with E-state index in [4.69, 9.17) is 5.73 Å². The third kappa shape index (κ3) is 6.14. The fraction of sp³-hybridized carbons (Fsp3) is 0.600. The second kappa shape index (κ2) is 10.7. The number of fused-ring (bicyclic) bond motifs is 1. The van der Waals surface area contributed by atoms with Crippen LogP contribution in [0.1, 0.15) is 62.5 Å². The molecule has 1 fully saturated rings.